The lowest BCUT2D eigenvalue weighted by molar-refractivity contribution is -0.113. The Morgan fingerprint density at radius 3 is 2.81 bits per heavy atom. The number of rotatable bonds is 3. The molecule has 1 heterocycles. The zero-order valence-corrected chi connectivity index (χ0v) is 14.2. The molecular formula is C15H22ClFN2OS. The van der Waals surface area contributed by atoms with Gasteiger partial charge in [0.05, 0.1) is 11.4 Å². The van der Waals surface area contributed by atoms with E-state index >= 15 is 0 Å². The number of hydrogen-bond donors (Lipinski definition) is 2. The van der Waals surface area contributed by atoms with Crippen molar-refractivity contribution < 1.29 is 9.18 Å². The van der Waals surface area contributed by atoms with E-state index in [4.69, 9.17) is 0 Å². The molecule has 1 aromatic rings. The SMILES string of the molecule is CC(C)(C)SCC(=O)Nc1ccc2c(c1F)CCNC2.Cl. The van der Waals surface area contributed by atoms with E-state index in [2.05, 4.69) is 31.4 Å². The summed E-state index contributed by atoms with van der Waals surface area (Å²) < 4.78 is 14.4. The average Bonchev–Trinajstić information content (AvgIpc) is 2.39. The summed E-state index contributed by atoms with van der Waals surface area (Å²) in [7, 11) is 0. The Hall–Kier alpha value is -0.780. The van der Waals surface area contributed by atoms with Crippen molar-refractivity contribution in [2.75, 3.05) is 17.6 Å². The molecule has 1 aliphatic heterocycles. The minimum Gasteiger partial charge on any atom is -0.323 e. The van der Waals surface area contributed by atoms with Gasteiger partial charge in [-0.2, -0.15) is 0 Å². The number of nitrogens with one attached hydrogen (secondary N) is 2. The first-order valence-electron chi connectivity index (χ1n) is 6.81. The van der Waals surface area contributed by atoms with Crippen LogP contribution in [0.3, 0.4) is 0 Å². The highest BCUT2D eigenvalue weighted by Crippen LogP contribution is 2.26. The highest BCUT2D eigenvalue weighted by Gasteiger charge is 2.18. The van der Waals surface area contributed by atoms with Crippen molar-refractivity contribution >= 4 is 35.8 Å². The Kier molecular flexibility index (Phi) is 6.50. The monoisotopic (exact) mass is 332 g/mol. The smallest absolute Gasteiger partial charge is 0.234 e. The van der Waals surface area contributed by atoms with Crippen LogP contribution in [0.5, 0.6) is 0 Å². The van der Waals surface area contributed by atoms with E-state index < -0.39 is 0 Å². The van der Waals surface area contributed by atoms with Gasteiger partial charge in [-0.15, -0.1) is 24.2 Å². The van der Waals surface area contributed by atoms with Crippen LogP contribution in [0.4, 0.5) is 10.1 Å². The van der Waals surface area contributed by atoms with E-state index in [1.807, 2.05) is 6.07 Å². The van der Waals surface area contributed by atoms with Crippen LogP contribution in [-0.2, 0) is 17.8 Å². The number of benzene rings is 1. The Balaban J connectivity index is 0.00000220. The third kappa shape index (κ3) is 5.16. The zero-order valence-electron chi connectivity index (χ0n) is 12.6. The number of hydrogen-bond acceptors (Lipinski definition) is 3. The topological polar surface area (TPSA) is 41.1 Å². The predicted octanol–water partition coefficient (Wildman–Crippen LogP) is 3.36. The van der Waals surface area contributed by atoms with E-state index in [1.165, 1.54) is 0 Å². The summed E-state index contributed by atoms with van der Waals surface area (Å²) in [5.74, 6) is -0.0995. The molecule has 0 unspecified atom stereocenters. The first kappa shape index (κ1) is 18.3. The summed E-state index contributed by atoms with van der Waals surface area (Å²) in [6.07, 6.45) is 0.668. The van der Waals surface area contributed by atoms with Gasteiger partial charge in [-0.1, -0.05) is 26.8 Å². The summed E-state index contributed by atoms with van der Waals surface area (Å²) in [4.78, 5) is 11.9. The molecule has 0 bridgehead atoms. The molecule has 1 aromatic carbocycles. The maximum absolute atomic E-state index is 14.3. The van der Waals surface area contributed by atoms with Crippen LogP contribution >= 0.6 is 24.2 Å². The summed E-state index contributed by atoms with van der Waals surface area (Å²) in [5, 5.41) is 5.89. The number of carbonyl (C=O) groups excluding carboxylic acids is 1. The van der Waals surface area contributed by atoms with Gasteiger partial charge in [0.25, 0.3) is 0 Å². The molecule has 1 amide bonds. The molecule has 0 fully saturated rings. The fourth-order valence-corrected chi connectivity index (χ4v) is 2.73. The largest absolute Gasteiger partial charge is 0.323 e. The lowest BCUT2D eigenvalue weighted by Crippen LogP contribution is -2.25. The van der Waals surface area contributed by atoms with Gasteiger partial charge in [-0.25, -0.2) is 4.39 Å². The molecule has 21 heavy (non-hydrogen) atoms. The Bertz CT molecular complexity index is 517. The molecule has 0 aromatic heterocycles. The summed E-state index contributed by atoms with van der Waals surface area (Å²) in [6.45, 7) is 7.63. The maximum atomic E-state index is 14.3. The minimum absolute atomic E-state index is 0. The predicted molar refractivity (Wildman–Crippen MR) is 89.9 cm³/mol. The number of anilines is 1. The van der Waals surface area contributed by atoms with Gasteiger partial charge in [-0.3, -0.25) is 4.79 Å². The molecule has 0 aliphatic carbocycles. The number of thioether (sulfide) groups is 1. The Labute approximate surface area is 135 Å². The third-order valence-electron chi connectivity index (χ3n) is 3.12. The van der Waals surface area contributed by atoms with E-state index in [0.717, 1.165) is 17.7 Å². The van der Waals surface area contributed by atoms with E-state index in [-0.39, 0.29) is 28.9 Å². The quantitative estimate of drug-likeness (QED) is 0.891. The van der Waals surface area contributed by atoms with Crippen molar-refractivity contribution in [3.8, 4) is 0 Å². The van der Waals surface area contributed by atoms with Crippen molar-refractivity contribution in [2.24, 2.45) is 0 Å². The van der Waals surface area contributed by atoms with Gasteiger partial charge in [0.15, 0.2) is 0 Å². The van der Waals surface area contributed by atoms with Gasteiger partial charge in [-0.05, 0) is 30.2 Å². The van der Waals surface area contributed by atoms with Crippen molar-refractivity contribution in [1.29, 1.82) is 0 Å². The molecular weight excluding hydrogens is 311 g/mol. The highest BCUT2D eigenvalue weighted by atomic mass is 35.5. The molecule has 118 valence electrons. The standard InChI is InChI=1S/C15H21FN2OS.ClH/c1-15(2,3)20-9-13(19)18-12-5-4-10-8-17-7-6-11(10)14(12)16;/h4-5,17H,6-9H2,1-3H3,(H,18,19);1H. The second kappa shape index (κ2) is 7.47. The lowest BCUT2D eigenvalue weighted by atomic mass is 9.99. The van der Waals surface area contributed by atoms with Crippen molar-refractivity contribution in [3.63, 3.8) is 0 Å². The number of fused-ring (bicyclic) bond motifs is 1. The zero-order chi connectivity index (χ0) is 14.8. The van der Waals surface area contributed by atoms with Crippen LogP contribution in [0.25, 0.3) is 0 Å². The first-order valence-corrected chi connectivity index (χ1v) is 7.80. The summed E-state index contributed by atoms with van der Waals surface area (Å²) in [6, 6.07) is 3.54. The van der Waals surface area contributed by atoms with E-state index in [1.54, 1.807) is 17.8 Å². The van der Waals surface area contributed by atoms with Crippen LogP contribution in [0, 0.1) is 5.82 Å². The maximum Gasteiger partial charge on any atom is 0.234 e. The average molecular weight is 333 g/mol. The van der Waals surface area contributed by atoms with Crippen molar-refractivity contribution in [3.05, 3.63) is 29.1 Å². The molecule has 0 saturated heterocycles. The second-order valence-corrected chi connectivity index (χ2v) is 7.74. The first-order chi connectivity index (χ1) is 9.37. The van der Waals surface area contributed by atoms with Gasteiger partial charge in [0.2, 0.25) is 5.91 Å². The number of amides is 1. The van der Waals surface area contributed by atoms with Crippen molar-refractivity contribution in [2.45, 2.75) is 38.5 Å². The molecule has 1 aliphatic rings. The molecule has 0 spiro atoms. The van der Waals surface area contributed by atoms with Gasteiger partial charge in [0, 0.05) is 11.3 Å². The van der Waals surface area contributed by atoms with E-state index in [9.17, 15) is 9.18 Å². The van der Waals surface area contributed by atoms with Crippen LogP contribution in [0.15, 0.2) is 12.1 Å². The Morgan fingerprint density at radius 2 is 2.14 bits per heavy atom. The molecule has 0 atom stereocenters. The molecule has 2 rings (SSSR count). The fraction of sp³-hybridized carbons (Fsp3) is 0.533. The van der Waals surface area contributed by atoms with Crippen LogP contribution in [0.2, 0.25) is 0 Å². The second-order valence-electron chi connectivity index (χ2n) is 5.94. The van der Waals surface area contributed by atoms with Gasteiger partial charge >= 0.3 is 0 Å². The number of halogens is 2. The summed E-state index contributed by atoms with van der Waals surface area (Å²) in [5.41, 5.74) is 2.01. The minimum atomic E-state index is -0.280. The van der Waals surface area contributed by atoms with Crippen LogP contribution in [0.1, 0.15) is 31.9 Å². The molecule has 6 heteroatoms. The molecule has 2 N–H and O–H groups in total. The van der Waals surface area contributed by atoms with Gasteiger partial charge < -0.3 is 10.6 Å². The highest BCUT2D eigenvalue weighted by molar-refractivity contribution is 8.01. The normalized spacial score (nSPS) is 14.1. The third-order valence-corrected chi connectivity index (χ3v) is 4.39. The molecule has 0 radical (unpaired) electrons. The Morgan fingerprint density at radius 1 is 1.43 bits per heavy atom. The fourth-order valence-electron chi connectivity index (χ4n) is 2.10. The van der Waals surface area contributed by atoms with Crippen LogP contribution in [-0.4, -0.2) is 23.0 Å². The number of carbonyl (C=O) groups is 1. The summed E-state index contributed by atoms with van der Waals surface area (Å²) >= 11 is 1.55. The molecule has 0 saturated carbocycles. The van der Waals surface area contributed by atoms with Gasteiger partial charge in [0.1, 0.15) is 5.82 Å². The van der Waals surface area contributed by atoms with Crippen LogP contribution < -0.4 is 10.6 Å². The van der Waals surface area contributed by atoms with E-state index in [0.29, 0.717) is 24.4 Å². The van der Waals surface area contributed by atoms with Crippen molar-refractivity contribution in [1.82, 2.24) is 5.32 Å². The lowest BCUT2D eigenvalue weighted by Gasteiger charge is -2.20. The molecule has 3 nitrogen and oxygen atoms in total.